The van der Waals surface area contributed by atoms with E-state index in [1.807, 2.05) is 0 Å². The Bertz CT molecular complexity index is 206. The van der Waals surface area contributed by atoms with Crippen molar-refractivity contribution in [1.82, 2.24) is 15.5 Å². The largest absolute Gasteiger partial charge is 0.363 e. The molecule has 0 amide bonds. The average molecular weight is 229 g/mol. The number of likely N-dealkylation sites (N-methyl/N-ethyl adjacent to an activating group) is 1. The van der Waals surface area contributed by atoms with Crippen molar-refractivity contribution in [2.75, 3.05) is 20.6 Å². The molecule has 0 bridgehead atoms. The highest BCUT2D eigenvalue weighted by Gasteiger charge is 2.26. The van der Waals surface area contributed by atoms with Gasteiger partial charge in [0.25, 0.3) is 0 Å². The minimum atomic E-state index is 0.514. The van der Waals surface area contributed by atoms with Crippen molar-refractivity contribution < 1.29 is 0 Å². The summed E-state index contributed by atoms with van der Waals surface area (Å²) in [5.41, 5.74) is 0. The molecule has 0 heterocycles. The van der Waals surface area contributed by atoms with Crippen LogP contribution in [-0.4, -0.2) is 42.7 Å². The number of hydrogen-bond donors (Lipinski definition) is 2. The summed E-state index contributed by atoms with van der Waals surface area (Å²) in [5, 5.41) is 7.39. The predicted octanol–water partition coefficient (Wildman–Crippen LogP) is 1.34. The van der Waals surface area contributed by atoms with Gasteiger partial charge in [-0.05, 0) is 46.1 Å². The molecule has 2 atom stereocenters. The fraction of sp³-hybridized carbons (Fsp3) is 0.909. The molecule has 0 aliphatic heterocycles. The van der Waals surface area contributed by atoms with Crippen molar-refractivity contribution in [2.45, 2.75) is 44.7 Å². The summed E-state index contributed by atoms with van der Waals surface area (Å²) < 4.78 is 0. The lowest BCUT2D eigenvalue weighted by Gasteiger charge is -2.37. The van der Waals surface area contributed by atoms with Gasteiger partial charge in [-0.15, -0.1) is 0 Å². The van der Waals surface area contributed by atoms with E-state index >= 15 is 0 Å². The minimum Gasteiger partial charge on any atom is -0.363 e. The summed E-state index contributed by atoms with van der Waals surface area (Å²) in [6.45, 7) is 2.96. The molecule has 2 N–H and O–H groups in total. The summed E-state index contributed by atoms with van der Waals surface area (Å²) in [5.74, 6) is 0. The molecule has 88 valence electrons. The van der Waals surface area contributed by atoms with E-state index in [-0.39, 0.29) is 0 Å². The number of thiocarbonyl (C=S) groups is 1. The quantitative estimate of drug-likeness (QED) is 0.714. The first-order valence-corrected chi connectivity index (χ1v) is 6.26. The van der Waals surface area contributed by atoms with E-state index < -0.39 is 0 Å². The lowest BCUT2D eigenvalue weighted by Crippen LogP contribution is -2.53. The van der Waals surface area contributed by atoms with Gasteiger partial charge in [0, 0.05) is 18.6 Å². The monoisotopic (exact) mass is 229 g/mol. The third-order valence-corrected chi connectivity index (χ3v) is 3.31. The smallest absolute Gasteiger partial charge is 0.166 e. The van der Waals surface area contributed by atoms with Crippen LogP contribution < -0.4 is 10.6 Å². The summed E-state index contributed by atoms with van der Waals surface area (Å²) in [6, 6.07) is 1.13. The molecule has 0 aromatic heterocycles. The van der Waals surface area contributed by atoms with Crippen LogP contribution in [0.15, 0.2) is 0 Å². The lowest BCUT2D eigenvalue weighted by atomic mass is 9.90. The SMILES string of the molecule is CCNC(=S)N[C@H]1CCCC[C@@H]1N(C)C. The maximum atomic E-state index is 5.23. The van der Waals surface area contributed by atoms with E-state index in [0.717, 1.165) is 11.7 Å². The molecule has 0 spiro atoms. The van der Waals surface area contributed by atoms with Crippen molar-refractivity contribution in [2.24, 2.45) is 0 Å². The molecule has 1 rings (SSSR count). The molecule has 1 aliphatic rings. The molecule has 3 nitrogen and oxygen atoms in total. The highest BCUT2D eigenvalue weighted by molar-refractivity contribution is 7.80. The molecule has 0 aromatic carbocycles. The van der Waals surface area contributed by atoms with Crippen LogP contribution in [0.5, 0.6) is 0 Å². The van der Waals surface area contributed by atoms with Crippen molar-refractivity contribution >= 4 is 17.3 Å². The Morgan fingerprint density at radius 3 is 2.60 bits per heavy atom. The standard InChI is InChI=1S/C11H23N3S/c1-4-12-11(15)13-9-7-5-6-8-10(9)14(2)3/h9-10H,4-8H2,1-3H3,(H2,12,13,15)/t9-,10-/m0/s1. The van der Waals surface area contributed by atoms with Crippen LogP contribution in [0, 0.1) is 0 Å². The molecular formula is C11H23N3S. The van der Waals surface area contributed by atoms with Crippen LogP contribution in [0.2, 0.25) is 0 Å². The molecule has 1 saturated carbocycles. The van der Waals surface area contributed by atoms with Crippen LogP contribution in [0.3, 0.4) is 0 Å². The second-order valence-electron chi connectivity index (χ2n) is 4.43. The normalized spacial score (nSPS) is 26.4. The molecule has 1 aliphatic carbocycles. The van der Waals surface area contributed by atoms with E-state index in [1.165, 1.54) is 25.7 Å². The Balaban J connectivity index is 2.45. The van der Waals surface area contributed by atoms with Gasteiger partial charge in [-0.25, -0.2) is 0 Å². The zero-order valence-corrected chi connectivity index (χ0v) is 10.9. The van der Waals surface area contributed by atoms with Crippen LogP contribution in [0.25, 0.3) is 0 Å². The third-order valence-electron chi connectivity index (χ3n) is 3.05. The van der Waals surface area contributed by atoms with E-state index in [9.17, 15) is 0 Å². The van der Waals surface area contributed by atoms with Gasteiger partial charge >= 0.3 is 0 Å². The lowest BCUT2D eigenvalue weighted by molar-refractivity contribution is 0.190. The fourth-order valence-corrected chi connectivity index (χ4v) is 2.57. The topological polar surface area (TPSA) is 27.3 Å². The van der Waals surface area contributed by atoms with Crippen molar-refractivity contribution in [3.05, 3.63) is 0 Å². The second-order valence-corrected chi connectivity index (χ2v) is 4.83. The number of rotatable bonds is 3. The summed E-state index contributed by atoms with van der Waals surface area (Å²) in [6.07, 6.45) is 5.17. The summed E-state index contributed by atoms with van der Waals surface area (Å²) >= 11 is 5.23. The van der Waals surface area contributed by atoms with E-state index in [0.29, 0.717) is 12.1 Å². The van der Waals surface area contributed by atoms with Gasteiger partial charge in [0.05, 0.1) is 0 Å². The zero-order chi connectivity index (χ0) is 11.3. The van der Waals surface area contributed by atoms with Crippen LogP contribution in [0.4, 0.5) is 0 Å². The highest BCUT2D eigenvalue weighted by atomic mass is 32.1. The molecule has 0 saturated heterocycles. The second kappa shape index (κ2) is 6.28. The van der Waals surface area contributed by atoms with Crippen molar-refractivity contribution in [3.63, 3.8) is 0 Å². The van der Waals surface area contributed by atoms with E-state index in [4.69, 9.17) is 12.2 Å². The van der Waals surface area contributed by atoms with Gasteiger partial charge in [-0.1, -0.05) is 12.8 Å². The molecular weight excluding hydrogens is 206 g/mol. The molecule has 1 fully saturated rings. The van der Waals surface area contributed by atoms with Gasteiger partial charge in [0.1, 0.15) is 0 Å². The average Bonchev–Trinajstić information content (AvgIpc) is 2.18. The Morgan fingerprint density at radius 2 is 2.00 bits per heavy atom. The van der Waals surface area contributed by atoms with Gasteiger partial charge in [0.2, 0.25) is 0 Å². The fourth-order valence-electron chi connectivity index (χ4n) is 2.28. The summed E-state index contributed by atoms with van der Waals surface area (Å²) in [4.78, 5) is 2.31. The maximum Gasteiger partial charge on any atom is 0.166 e. The zero-order valence-electron chi connectivity index (χ0n) is 10.0. The number of nitrogens with zero attached hydrogens (tertiary/aromatic N) is 1. The van der Waals surface area contributed by atoms with E-state index in [1.54, 1.807) is 0 Å². The minimum absolute atomic E-state index is 0.514. The van der Waals surface area contributed by atoms with Crippen LogP contribution >= 0.6 is 12.2 Å². The van der Waals surface area contributed by atoms with Gasteiger partial charge in [-0.3, -0.25) is 0 Å². The molecule has 0 aromatic rings. The maximum absolute atomic E-state index is 5.23. The molecule has 4 heteroatoms. The van der Waals surface area contributed by atoms with Crippen molar-refractivity contribution in [1.29, 1.82) is 0 Å². The first-order chi connectivity index (χ1) is 7.15. The molecule has 0 radical (unpaired) electrons. The first kappa shape index (κ1) is 12.7. The Labute approximate surface area is 98.6 Å². The van der Waals surface area contributed by atoms with Crippen molar-refractivity contribution in [3.8, 4) is 0 Å². The Hall–Kier alpha value is -0.350. The van der Waals surface area contributed by atoms with Gasteiger partial charge in [-0.2, -0.15) is 0 Å². The molecule has 15 heavy (non-hydrogen) atoms. The number of nitrogens with one attached hydrogen (secondary N) is 2. The van der Waals surface area contributed by atoms with Gasteiger partial charge in [0.15, 0.2) is 5.11 Å². The third kappa shape index (κ3) is 3.95. The number of hydrogen-bond acceptors (Lipinski definition) is 2. The van der Waals surface area contributed by atoms with Crippen LogP contribution in [-0.2, 0) is 0 Å². The van der Waals surface area contributed by atoms with E-state index in [2.05, 4.69) is 36.6 Å². The molecule has 0 unspecified atom stereocenters. The summed E-state index contributed by atoms with van der Waals surface area (Å²) in [7, 11) is 4.31. The van der Waals surface area contributed by atoms with Gasteiger partial charge < -0.3 is 15.5 Å². The highest BCUT2D eigenvalue weighted by Crippen LogP contribution is 2.21. The first-order valence-electron chi connectivity index (χ1n) is 5.86. The Kier molecular flexibility index (Phi) is 5.32. The Morgan fingerprint density at radius 1 is 1.33 bits per heavy atom. The van der Waals surface area contributed by atoms with Crippen LogP contribution in [0.1, 0.15) is 32.6 Å². The predicted molar refractivity (Wildman–Crippen MR) is 69.1 cm³/mol.